The van der Waals surface area contributed by atoms with E-state index in [0.29, 0.717) is 6.54 Å². The van der Waals surface area contributed by atoms with Crippen LogP contribution < -0.4 is 5.32 Å². The quantitative estimate of drug-likeness (QED) is 0.574. The summed E-state index contributed by atoms with van der Waals surface area (Å²) in [5.74, 6) is 0.0625. The number of hydrogen-bond acceptors (Lipinski definition) is 1. The Bertz CT molecular complexity index is 191. The summed E-state index contributed by atoms with van der Waals surface area (Å²) in [5, 5.41) is 2.75. The van der Waals surface area contributed by atoms with Crippen LogP contribution in [0.2, 0.25) is 0 Å². The molecule has 0 aromatic carbocycles. The third-order valence-electron chi connectivity index (χ3n) is 1.49. The summed E-state index contributed by atoms with van der Waals surface area (Å²) < 4.78 is 0. The van der Waals surface area contributed by atoms with Crippen LogP contribution >= 0.6 is 0 Å². The molecule has 0 saturated heterocycles. The lowest BCUT2D eigenvalue weighted by Crippen LogP contribution is -2.23. The van der Waals surface area contributed by atoms with Crippen LogP contribution in [0.15, 0.2) is 23.8 Å². The fraction of sp³-hybridized carbons (Fsp3) is 0.375. The predicted molar refractivity (Wildman–Crippen MR) is 40.5 cm³/mol. The monoisotopic (exact) mass is 137 g/mol. The van der Waals surface area contributed by atoms with Crippen molar-refractivity contribution in [2.45, 2.75) is 13.3 Å². The van der Waals surface area contributed by atoms with Gasteiger partial charge in [-0.05, 0) is 6.42 Å². The molecule has 0 atom stereocenters. The van der Waals surface area contributed by atoms with Crippen LogP contribution in [-0.4, -0.2) is 12.5 Å². The van der Waals surface area contributed by atoms with E-state index in [1.165, 1.54) is 0 Å². The molecular formula is C8H11NO. The molecule has 0 aromatic rings. The molecule has 0 unspecified atom stereocenters. The summed E-state index contributed by atoms with van der Waals surface area (Å²) >= 11 is 0. The Labute approximate surface area is 60.6 Å². The first kappa shape index (κ1) is 7.06. The minimum atomic E-state index is 0.0625. The SMILES string of the molecule is CCC1=CC=CCNC1=O. The van der Waals surface area contributed by atoms with Gasteiger partial charge in [0.15, 0.2) is 0 Å². The van der Waals surface area contributed by atoms with Gasteiger partial charge in [-0.25, -0.2) is 0 Å². The second-order valence-corrected chi connectivity index (χ2v) is 2.18. The highest BCUT2D eigenvalue weighted by molar-refractivity contribution is 5.94. The fourth-order valence-electron chi connectivity index (χ4n) is 0.871. The van der Waals surface area contributed by atoms with Gasteiger partial charge >= 0.3 is 0 Å². The van der Waals surface area contributed by atoms with Gasteiger partial charge in [-0.3, -0.25) is 4.79 Å². The van der Waals surface area contributed by atoms with E-state index in [4.69, 9.17) is 0 Å². The summed E-state index contributed by atoms with van der Waals surface area (Å²) in [6.45, 7) is 2.63. The average Bonchev–Trinajstić information content (AvgIpc) is 2.13. The molecule has 1 rings (SSSR count). The second kappa shape index (κ2) is 3.20. The normalized spacial score (nSPS) is 17.7. The van der Waals surface area contributed by atoms with E-state index in [1.54, 1.807) is 0 Å². The summed E-state index contributed by atoms with van der Waals surface area (Å²) in [7, 11) is 0. The molecule has 2 heteroatoms. The van der Waals surface area contributed by atoms with Crippen molar-refractivity contribution in [3.63, 3.8) is 0 Å². The van der Waals surface area contributed by atoms with Crippen LogP contribution in [0, 0.1) is 0 Å². The lowest BCUT2D eigenvalue weighted by Gasteiger charge is -2.00. The first-order chi connectivity index (χ1) is 4.84. The van der Waals surface area contributed by atoms with E-state index in [9.17, 15) is 4.79 Å². The van der Waals surface area contributed by atoms with Gasteiger partial charge in [0, 0.05) is 12.1 Å². The Balaban J connectivity index is 2.73. The van der Waals surface area contributed by atoms with Gasteiger partial charge in [0.25, 0.3) is 0 Å². The zero-order valence-electron chi connectivity index (χ0n) is 6.05. The molecule has 0 fully saturated rings. The molecule has 54 valence electrons. The minimum absolute atomic E-state index is 0.0625. The summed E-state index contributed by atoms with van der Waals surface area (Å²) in [6, 6.07) is 0. The Morgan fingerprint density at radius 2 is 2.50 bits per heavy atom. The van der Waals surface area contributed by atoms with Crippen molar-refractivity contribution in [3.05, 3.63) is 23.8 Å². The first-order valence-corrected chi connectivity index (χ1v) is 3.48. The van der Waals surface area contributed by atoms with E-state index >= 15 is 0 Å². The maximum atomic E-state index is 11.0. The van der Waals surface area contributed by atoms with Crippen molar-refractivity contribution in [2.24, 2.45) is 0 Å². The number of hydrogen-bond donors (Lipinski definition) is 1. The highest BCUT2D eigenvalue weighted by Gasteiger charge is 2.05. The molecule has 0 aliphatic carbocycles. The lowest BCUT2D eigenvalue weighted by atomic mass is 10.2. The van der Waals surface area contributed by atoms with E-state index < -0.39 is 0 Å². The molecule has 0 spiro atoms. The maximum Gasteiger partial charge on any atom is 0.247 e. The smallest absolute Gasteiger partial charge is 0.247 e. The third-order valence-corrected chi connectivity index (χ3v) is 1.49. The molecule has 0 aromatic heterocycles. The number of rotatable bonds is 1. The van der Waals surface area contributed by atoms with Gasteiger partial charge in [0.2, 0.25) is 5.91 Å². The van der Waals surface area contributed by atoms with Crippen LogP contribution in [0.3, 0.4) is 0 Å². The fourth-order valence-corrected chi connectivity index (χ4v) is 0.871. The Morgan fingerprint density at radius 3 is 3.20 bits per heavy atom. The summed E-state index contributed by atoms with van der Waals surface area (Å²) in [4.78, 5) is 11.0. The molecule has 0 bridgehead atoms. The van der Waals surface area contributed by atoms with Crippen LogP contribution in [0.1, 0.15) is 13.3 Å². The highest BCUT2D eigenvalue weighted by atomic mass is 16.1. The van der Waals surface area contributed by atoms with Gasteiger partial charge < -0.3 is 5.32 Å². The topological polar surface area (TPSA) is 29.1 Å². The summed E-state index contributed by atoms with van der Waals surface area (Å²) in [5.41, 5.74) is 0.855. The first-order valence-electron chi connectivity index (χ1n) is 3.48. The molecular weight excluding hydrogens is 126 g/mol. The van der Waals surface area contributed by atoms with Crippen LogP contribution in [0.25, 0.3) is 0 Å². The zero-order chi connectivity index (χ0) is 7.40. The van der Waals surface area contributed by atoms with Crippen molar-refractivity contribution in [1.29, 1.82) is 0 Å². The molecule has 10 heavy (non-hydrogen) atoms. The number of amides is 1. The van der Waals surface area contributed by atoms with Gasteiger partial charge in [0.1, 0.15) is 0 Å². The van der Waals surface area contributed by atoms with Gasteiger partial charge in [-0.2, -0.15) is 0 Å². The van der Waals surface area contributed by atoms with E-state index in [0.717, 1.165) is 12.0 Å². The van der Waals surface area contributed by atoms with Gasteiger partial charge in [-0.15, -0.1) is 0 Å². The van der Waals surface area contributed by atoms with Crippen molar-refractivity contribution < 1.29 is 4.79 Å². The van der Waals surface area contributed by atoms with Crippen molar-refractivity contribution in [3.8, 4) is 0 Å². The molecule has 1 heterocycles. The van der Waals surface area contributed by atoms with Crippen LogP contribution in [0.5, 0.6) is 0 Å². The van der Waals surface area contributed by atoms with E-state index in [2.05, 4.69) is 5.32 Å². The molecule has 2 nitrogen and oxygen atoms in total. The van der Waals surface area contributed by atoms with Crippen LogP contribution in [-0.2, 0) is 4.79 Å². The Hall–Kier alpha value is -1.05. The van der Waals surface area contributed by atoms with E-state index in [1.807, 2.05) is 25.2 Å². The van der Waals surface area contributed by atoms with Crippen molar-refractivity contribution >= 4 is 5.91 Å². The molecule has 1 amide bonds. The molecule has 1 N–H and O–H groups in total. The maximum absolute atomic E-state index is 11.0. The minimum Gasteiger partial charge on any atom is -0.349 e. The predicted octanol–water partition coefficient (Wildman–Crippen LogP) is 1.01. The standard InChI is InChI=1S/C8H11NO/c1-2-7-5-3-4-6-9-8(7)10/h3-5H,2,6H2,1H3,(H,9,10). The Kier molecular flexibility index (Phi) is 2.26. The van der Waals surface area contributed by atoms with Crippen molar-refractivity contribution in [2.75, 3.05) is 6.54 Å². The van der Waals surface area contributed by atoms with E-state index in [-0.39, 0.29) is 5.91 Å². The zero-order valence-corrected chi connectivity index (χ0v) is 6.05. The van der Waals surface area contributed by atoms with Gasteiger partial charge in [0.05, 0.1) is 0 Å². The number of allylic oxidation sites excluding steroid dienone is 2. The largest absolute Gasteiger partial charge is 0.349 e. The van der Waals surface area contributed by atoms with Gasteiger partial charge in [-0.1, -0.05) is 25.2 Å². The van der Waals surface area contributed by atoms with Crippen LogP contribution in [0.4, 0.5) is 0 Å². The third kappa shape index (κ3) is 1.47. The number of nitrogens with one attached hydrogen (secondary N) is 1. The lowest BCUT2D eigenvalue weighted by molar-refractivity contribution is -0.117. The number of carbonyl (C=O) groups is 1. The second-order valence-electron chi connectivity index (χ2n) is 2.18. The highest BCUT2D eigenvalue weighted by Crippen LogP contribution is 2.02. The molecule has 1 aliphatic heterocycles. The van der Waals surface area contributed by atoms with Crippen molar-refractivity contribution in [1.82, 2.24) is 5.32 Å². The number of carbonyl (C=O) groups excluding carboxylic acids is 1. The molecule has 0 radical (unpaired) electrons. The molecule has 0 saturated carbocycles. The molecule has 1 aliphatic rings. The average molecular weight is 137 g/mol. The summed E-state index contributed by atoms with van der Waals surface area (Å²) in [6.07, 6.45) is 6.51. The Morgan fingerprint density at radius 1 is 1.70 bits per heavy atom.